The number of hydrogen-bond acceptors (Lipinski definition) is 3. The van der Waals surface area contributed by atoms with Crippen LogP contribution in [0.1, 0.15) is 6.42 Å². The molecule has 1 atom stereocenters. The second-order valence-electron chi connectivity index (χ2n) is 4.25. The first-order valence-electron chi connectivity index (χ1n) is 5.29. The van der Waals surface area contributed by atoms with Gasteiger partial charge in [0, 0.05) is 39.2 Å². The van der Waals surface area contributed by atoms with E-state index in [9.17, 15) is 4.79 Å². The number of amides is 1. The van der Waals surface area contributed by atoms with Gasteiger partial charge < -0.3 is 15.0 Å². The Balaban J connectivity index is 1.79. The van der Waals surface area contributed by atoms with Gasteiger partial charge in [-0.25, -0.2) is 0 Å². The smallest absolute Gasteiger partial charge is 0.228 e. The zero-order valence-corrected chi connectivity index (χ0v) is 8.66. The van der Waals surface area contributed by atoms with Crippen molar-refractivity contribution in [3.63, 3.8) is 0 Å². The van der Waals surface area contributed by atoms with Crippen LogP contribution in [0.25, 0.3) is 0 Å². The van der Waals surface area contributed by atoms with Crippen molar-refractivity contribution >= 4 is 5.91 Å². The molecule has 2 rings (SSSR count). The highest BCUT2D eigenvalue weighted by atomic mass is 16.5. The molecule has 2 aliphatic rings. The van der Waals surface area contributed by atoms with Gasteiger partial charge in [0.2, 0.25) is 5.91 Å². The van der Waals surface area contributed by atoms with Crippen LogP contribution in [0.2, 0.25) is 0 Å². The second kappa shape index (κ2) is 4.28. The van der Waals surface area contributed by atoms with Crippen molar-refractivity contribution in [1.29, 1.82) is 0 Å². The summed E-state index contributed by atoms with van der Waals surface area (Å²) in [7, 11) is 1.72. The highest BCUT2D eigenvalue weighted by molar-refractivity contribution is 5.80. The first-order valence-corrected chi connectivity index (χ1v) is 5.29. The number of hydrogen-bond donors (Lipinski definition) is 1. The third-order valence-corrected chi connectivity index (χ3v) is 3.13. The van der Waals surface area contributed by atoms with E-state index in [1.54, 1.807) is 7.11 Å². The number of rotatable bonds is 3. The van der Waals surface area contributed by atoms with Gasteiger partial charge in [0.15, 0.2) is 0 Å². The molecule has 1 unspecified atom stereocenters. The predicted molar refractivity (Wildman–Crippen MR) is 52.9 cm³/mol. The summed E-state index contributed by atoms with van der Waals surface area (Å²) >= 11 is 0. The Morgan fingerprint density at radius 2 is 2.36 bits per heavy atom. The molecule has 2 aliphatic heterocycles. The van der Waals surface area contributed by atoms with Gasteiger partial charge in [0.1, 0.15) is 0 Å². The number of ether oxygens (including phenoxy) is 1. The Morgan fingerprint density at radius 3 is 2.93 bits per heavy atom. The van der Waals surface area contributed by atoms with Crippen molar-refractivity contribution in [2.45, 2.75) is 6.42 Å². The number of methoxy groups -OCH3 is 1. The summed E-state index contributed by atoms with van der Waals surface area (Å²) in [5, 5.41) is 3.13. The maximum absolute atomic E-state index is 11.8. The van der Waals surface area contributed by atoms with E-state index in [4.69, 9.17) is 4.74 Å². The molecule has 80 valence electrons. The monoisotopic (exact) mass is 198 g/mol. The van der Waals surface area contributed by atoms with Crippen molar-refractivity contribution in [2.75, 3.05) is 39.9 Å². The van der Waals surface area contributed by atoms with Crippen molar-refractivity contribution < 1.29 is 9.53 Å². The molecule has 1 N–H and O–H groups in total. The van der Waals surface area contributed by atoms with E-state index in [-0.39, 0.29) is 5.92 Å². The van der Waals surface area contributed by atoms with Crippen LogP contribution in [0.5, 0.6) is 0 Å². The van der Waals surface area contributed by atoms with E-state index in [2.05, 4.69) is 5.32 Å². The minimum atomic E-state index is 0.247. The molecule has 0 bridgehead atoms. The van der Waals surface area contributed by atoms with Gasteiger partial charge in [-0.05, 0) is 6.42 Å². The molecular weight excluding hydrogens is 180 g/mol. The maximum atomic E-state index is 11.8. The molecule has 4 heteroatoms. The summed E-state index contributed by atoms with van der Waals surface area (Å²) in [6.07, 6.45) is 1.10. The van der Waals surface area contributed by atoms with Gasteiger partial charge in [-0.3, -0.25) is 4.79 Å². The van der Waals surface area contributed by atoms with Crippen LogP contribution < -0.4 is 5.32 Å². The minimum Gasteiger partial charge on any atom is -0.384 e. The standard InChI is InChI=1S/C10H18N2O2/c1-14-7-8-2-3-12(6-8)10(13)9-4-11-5-9/h8-9,11H,2-7H2,1H3. The molecule has 0 spiro atoms. The third kappa shape index (κ3) is 1.91. The molecular formula is C10H18N2O2. The fraction of sp³-hybridized carbons (Fsp3) is 0.900. The SMILES string of the molecule is COCC1CCN(C(=O)C2CNC2)C1. The van der Waals surface area contributed by atoms with Gasteiger partial charge in [-0.1, -0.05) is 0 Å². The molecule has 14 heavy (non-hydrogen) atoms. The predicted octanol–water partition coefficient (Wildman–Crippen LogP) is -0.299. The van der Waals surface area contributed by atoms with Crippen molar-refractivity contribution in [2.24, 2.45) is 11.8 Å². The highest BCUT2D eigenvalue weighted by Gasteiger charge is 2.33. The second-order valence-corrected chi connectivity index (χ2v) is 4.25. The lowest BCUT2D eigenvalue weighted by molar-refractivity contribution is -0.136. The molecule has 0 aliphatic carbocycles. The van der Waals surface area contributed by atoms with Crippen molar-refractivity contribution in [1.82, 2.24) is 10.2 Å². The van der Waals surface area contributed by atoms with Gasteiger partial charge in [-0.2, -0.15) is 0 Å². The Morgan fingerprint density at radius 1 is 1.57 bits per heavy atom. The van der Waals surface area contributed by atoms with Crippen LogP contribution in [-0.4, -0.2) is 50.7 Å². The molecule has 0 aromatic rings. The summed E-state index contributed by atoms with van der Waals surface area (Å²) < 4.78 is 5.10. The fourth-order valence-electron chi connectivity index (χ4n) is 2.13. The summed E-state index contributed by atoms with van der Waals surface area (Å²) in [5.74, 6) is 1.13. The van der Waals surface area contributed by atoms with Crippen molar-refractivity contribution in [3.05, 3.63) is 0 Å². The van der Waals surface area contributed by atoms with Gasteiger partial charge in [0.05, 0.1) is 12.5 Å². The summed E-state index contributed by atoms with van der Waals surface area (Å²) in [4.78, 5) is 13.8. The lowest BCUT2D eigenvalue weighted by atomic mass is 10.0. The maximum Gasteiger partial charge on any atom is 0.228 e. The van der Waals surface area contributed by atoms with Crippen LogP contribution in [0.3, 0.4) is 0 Å². The number of likely N-dealkylation sites (tertiary alicyclic amines) is 1. The Hall–Kier alpha value is -0.610. The highest BCUT2D eigenvalue weighted by Crippen LogP contribution is 2.19. The van der Waals surface area contributed by atoms with E-state index in [0.29, 0.717) is 11.8 Å². The van der Waals surface area contributed by atoms with Crippen LogP contribution in [0, 0.1) is 11.8 Å². The minimum absolute atomic E-state index is 0.247. The van der Waals surface area contributed by atoms with E-state index in [1.807, 2.05) is 4.90 Å². The normalized spacial score (nSPS) is 27.8. The molecule has 4 nitrogen and oxygen atoms in total. The average Bonchev–Trinajstić information content (AvgIpc) is 2.50. The number of nitrogens with one attached hydrogen (secondary N) is 1. The number of carbonyl (C=O) groups is 1. The van der Waals surface area contributed by atoms with Gasteiger partial charge >= 0.3 is 0 Å². The molecule has 1 amide bonds. The van der Waals surface area contributed by atoms with Crippen LogP contribution >= 0.6 is 0 Å². The molecule has 0 saturated carbocycles. The lowest BCUT2D eigenvalue weighted by Gasteiger charge is -2.30. The van der Waals surface area contributed by atoms with Gasteiger partial charge in [0.25, 0.3) is 0 Å². The Bertz CT molecular complexity index is 216. The molecule has 0 radical (unpaired) electrons. The molecule has 2 heterocycles. The van der Waals surface area contributed by atoms with E-state index >= 15 is 0 Å². The number of nitrogens with zero attached hydrogens (tertiary/aromatic N) is 1. The molecule has 2 fully saturated rings. The summed E-state index contributed by atoms with van der Waals surface area (Å²) in [6.45, 7) is 4.33. The van der Waals surface area contributed by atoms with E-state index in [1.165, 1.54) is 0 Å². The first kappa shape index (κ1) is 9.93. The summed E-state index contributed by atoms with van der Waals surface area (Å²) in [5.41, 5.74) is 0. The third-order valence-electron chi connectivity index (χ3n) is 3.13. The van der Waals surface area contributed by atoms with Crippen molar-refractivity contribution in [3.8, 4) is 0 Å². The Labute approximate surface area is 84.6 Å². The quantitative estimate of drug-likeness (QED) is 0.677. The molecule has 2 saturated heterocycles. The first-order chi connectivity index (χ1) is 6.81. The average molecular weight is 198 g/mol. The molecule has 0 aromatic carbocycles. The Kier molecular flexibility index (Phi) is 3.03. The van der Waals surface area contributed by atoms with Crippen LogP contribution in [0.4, 0.5) is 0 Å². The summed E-state index contributed by atoms with van der Waals surface area (Å²) in [6, 6.07) is 0. The van der Waals surface area contributed by atoms with Gasteiger partial charge in [-0.15, -0.1) is 0 Å². The van der Waals surface area contributed by atoms with E-state index < -0.39 is 0 Å². The zero-order chi connectivity index (χ0) is 9.97. The fourth-order valence-corrected chi connectivity index (χ4v) is 2.13. The topological polar surface area (TPSA) is 41.6 Å². The number of carbonyl (C=O) groups excluding carboxylic acids is 1. The van der Waals surface area contributed by atoms with Crippen LogP contribution in [0.15, 0.2) is 0 Å². The largest absolute Gasteiger partial charge is 0.384 e. The van der Waals surface area contributed by atoms with Crippen LogP contribution in [-0.2, 0) is 9.53 Å². The zero-order valence-electron chi connectivity index (χ0n) is 8.66. The lowest BCUT2D eigenvalue weighted by Crippen LogP contribution is -2.51. The molecule has 0 aromatic heterocycles. The van der Waals surface area contributed by atoms with E-state index in [0.717, 1.165) is 39.2 Å².